The van der Waals surface area contributed by atoms with Crippen LogP contribution in [0.3, 0.4) is 0 Å². The number of halogens is 3. The van der Waals surface area contributed by atoms with E-state index in [2.05, 4.69) is 94.4 Å². The summed E-state index contributed by atoms with van der Waals surface area (Å²) in [6.07, 6.45) is 1.18. The molecule has 0 radical (unpaired) electrons. The number of benzene rings is 2. The summed E-state index contributed by atoms with van der Waals surface area (Å²) in [4.78, 5) is 0. The normalized spacial score (nSPS) is 10.8. The van der Waals surface area contributed by atoms with Crippen LogP contribution in [-0.4, -0.2) is 0 Å². The van der Waals surface area contributed by atoms with Crippen molar-refractivity contribution in [1.82, 2.24) is 0 Å². The molecule has 0 aliphatic rings. The molecule has 0 amide bonds. The minimum Gasteiger partial charge on any atom is -1.00 e. The third-order valence-electron chi connectivity index (χ3n) is 5.07. The van der Waals surface area contributed by atoms with Crippen LogP contribution in [0.2, 0.25) is 0 Å². The molecule has 0 aliphatic heterocycles. The SMILES string of the molecule is CCC(C)c1cc[c-](C(c2cccc(C)c2)c2cccc(C)c2)c1.[Cl-].[Cl-].[Cl-].[Ti+4]. The zero-order valence-corrected chi connectivity index (χ0v) is 20.7. The molecule has 0 aromatic heterocycles. The zero-order chi connectivity index (χ0) is 17.1. The molecule has 0 N–H and O–H groups in total. The summed E-state index contributed by atoms with van der Waals surface area (Å²) in [7, 11) is 0. The Balaban J connectivity index is 0. The molecule has 3 rings (SSSR count). The second-order valence-corrected chi connectivity index (χ2v) is 7.05. The first-order valence-electron chi connectivity index (χ1n) is 8.98. The van der Waals surface area contributed by atoms with E-state index in [1.54, 1.807) is 0 Å². The number of hydrogen-bond donors (Lipinski definition) is 0. The predicted molar refractivity (Wildman–Crippen MR) is 104 cm³/mol. The van der Waals surface area contributed by atoms with Gasteiger partial charge in [-0.3, -0.25) is 0 Å². The van der Waals surface area contributed by atoms with Gasteiger partial charge < -0.3 is 37.2 Å². The molecule has 0 fully saturated rings. The standard InChI is InChI=1S/C24H27.3ClH.Ti/c1-5-19(4)20-12-13-23(16-20)24(21-10-6-8-17(2)14-21)22-11-7-9-18(3)15-22;;;;/h6-16,19,24H,5H2,1-4H3;3*1H;/q-1;;;;+4/p-3. The molecule has 0 heterocycles. The van der Waals surface area contributed by atoms with Crippen LogP contribution in [0.5, 0.6) is 0 Å². The fourth-order valence-electron chi connectivity index (χ4n) is 3.48. The van der Waals surface area contributed by atoms with Gasteiger partial charge in [0, 0.05) is 0 Å². The van der Waals surface area contributed by atoms with Gasteiger partial charge >= 0.3 is 21.7 Å². The maximum absolute atomic E-state index is 2.41. The number of aryl methyl sites for hydroxylation is 2. The van der Waals surface area contributed by atoms with E-state index in [0.29, 0.717) is 11.8 Å². The summed E-state index contributed by atoms with van der Waals surface area (Å²) in [5, 5.41) is 0. The van der Waals surface area contributed by atoms with Gasteiger partial charge in [0.15, 0.2) is 0 Å². The van der Waals surface area contributed by atoms with Crippen molar-refractivity contribution in [2.24, 2.45) is 0 Å². The minimum absolute atomic E-state index is 0. The quantitative estimate of drug-likeness (QED) is 0.292. The maximum Gasteiger partial charge on any atom is 4.00 e. The molecule has 148 valence electrons. The van der Waals surface area contributed by atoms with E-state index < -0.39 is 0 Å². The van der Waals surface area contributed by atoms with Crippen LogP contribution in [0.1, 0.15) is 65.5 Å². The van der Waals surface area contributed by atoms with Crippen LogP contribution >= 0.6 is 0 Å². The van der Waals surface area contributed by atoms with Gasteiger partial charge in [-0.15, -0.1) is 5.56 Å². The van der Waals surface area contributed by atoms with E-state index in [1.807, 2.05) is 0 Å². The summed E-state index contributed by atoms with van der Waals surface area (Å²) >= 11 is 0. The van der Waals surface area contributed by atoms with E-state index in [0.717, 1.165) is 0 Å². The van der Waals surface area contributed by atoms with Crippen LogP contribution < -0.4 is 37.2 Å². The molecule has 1 unspecified atom stereocenters. The van der Waals surface area contributed by atoms with E-state index in [-0.39, 0.29) is 58.9 Å². The molecule has 3 aromatic rings. The van der Waals surface area contributed by atoms with Crippen LogP contribution in [-0.2, 0) is 21.7 Å². The summed E-state index contributed by atoms with van der Waals surface area (Å²) in [6, 6.07) is 24.9. The minimum atomic E-state index is 0. The maximum atomic E-state index is 2.41. The third-order valence-corrected chi connectivity index (χ3v) is 5.07. The van der Waals surface area contributed by atoms with Crippen molar-refractivity contribution in [1.29, 1.82) is 0 Å². The van der Waals surface area contributed by atoms with Crippen LogP contribution in [0.25, 0.3) is 0 Å². The Morgan fingerprint density at radius 1 is 0.786 bits per heavy atom. The molecule has 28 heavy (non-hydrogen) atoms. The Morgan fingerprint density at radius 3 is 1.71 bits per heavy atom. The van der Waals surface area contributed by atoms with Crippen LogP contribution in [0.4, 0.5) is 0 Å². The van der Waals surface area contributed by atoms with Crippen molar-refractivity contribution < 1.29 is 58.9 Å². The summed E-state index contributed by atoms with van der Waals surface area (Å²) in [5.41, 5.74) is 8.25. The topological polar surface area (TPSA) is 0 Å². The fourth-order valence-corrected chi connectivity index (χ4v) is 3.48. The van der Waals surface area contributed by atoms with E-state index in [9.17, 15) is 0 Å². The molecule has 0 bridgehead atoms. The Bertz CT molecular complexity index is 780. The van der Waals surface area contributed by atoms with E-state index in [1.165, 1.54) is 39.8 Å². The first kappa shape index (κ1) is 29.6. The van der Waals surface area contributed by atoms with Gasteiger partial charge in [0.2, 0.25) is 0 Å². The Hall–Kier alpha value is -0.626. The molecule has 0 aliphatic carbocycles. The van der Waals surface area contributed by atoms with Gasteiger partial charge in [-0.05, 0) is 30.9 Å². The van der Waals surface area contributed by atoms with Crippen molar-refractivity contribution in [2.45, 2.75) is 46.0 Å². The van der Waals surface area contributed by atoms with Crippen molar-refractivity contribution in [3.63, 3.8) is 0 Å². The average molecular weight is 470 g/mol. The summed E-state index contributed by atoms with van der Waals surface area (Å²) < 4.78 is 0. The van der Waals surface area contributed by atoms with Gasteiger partial charge in [-0.1, -0.05) is 85.8 Å². The third kappa shape index (κ3) is 7.01. The van der Waals surface area contributed by atoms with Gasteiger partial charge in [0.25, 0.3) is 0 Å². The monoisotopic (exact) mass is 468 g/mol. The summed E-state index contributed by atoms with van der Waals surface area (Å²) in [5.74, 6) is 0.928. The Labute approximate surface area is 204 Å². The Kier molecular flexibility index (Phi) is 14.3. The van der Waals surface area contributed by atoms with Crippen molar-refractivity contribution in [3.05, 3.63) is 100 Å². The average Bonchev–Trinajstić information content (AvgIpc) is 3.04. The van der Waals surface area contributed by atoms with Gasteiger partial charge in [-0.25, -0.2) is 6.07 Å². The first-order chi connectivity index (χ1) is 11.6. The second-order valence-electron chi connectivity index (χ2n) is 7.05. The molecular weight excluding hydrogens is 442 g/mol. The van der Waals surface area contributed by atoms with Gasteiger partial charge in [-0.2, -0.15) is 17.7 Å². The van der Waals surface area contributed by atoms with E-state index >= 15 is 0 Å². The van der Waals surface area contributed by atoms with Crippen LogP contribution in [0.15, 0.2) is 66.7 Å². The van der Waals surface area contributed by atoms with Gasteiger partial charge in [0.1, 0.15) is 0 Å². The van der Waals surface area contributed by atoms with Crippen molar-refractivity contribution in [2.75, 3.05) is 0 Å². The zero-order valence-electron chi connectivity index (χ0n) is 16.8. The van der Waals surface area contributed by atoms with E-state index in [4.69, 9.17) is 0 Å². The molecule has 1 atom stereocenters. The molecule has 3 aromatic carbocycles. The first-order valence-corrected chi connectivity index (χ1v) is 8.98. The second kappa shape index (κ2) is 13.6. The predicted octanol–water partition coefficient (Wildman–Crippen LogP) is -2.27. The summed E-state index contributed by atoms with van der Waals surface area (Å²) in [6.45, 7) is 8.92. The molecule has 0 saturated carbocycles. The molecule has 0 spiro atoms. The smallest absolute Gasteiger partial charge is 1.00 e. The van der Waals surface area contributed by atoms with Gasteiger partial charge in [0.05, 0.1) is 0 Å². The largest absolute Gasteiger partial charge is 4.00 e. The number of hydrogen-bond acceptors (Lipinski definition) is 0. The fraction of sp³-hybridized carbons (Fsp3) is 0.292. The molecule has 0 nitrogen and oxygen atoms in total. The van der Waals surface area contributed by atoms with Crippen LogP contribution in [0, 0.1) is 13.8 Å². The van der Waals surface area contributed by atoms with Crippen molar-refractivity contribution in [3.8, 4) is 0 Å². The Morgan fingerprint density at radius 2 is 1.29 bits per heavy atom. The molecule has 0 saturated heterocycles. The van der Waals surface area contributed by atoms with Crippen molar-refractivity contribution >= 4 is 0 Å². The molecule has 4 heteroatoms. The molecular formula is C24H27Cl3Ti. The number of rotatable bonds is 5.